The summed E-state index contributed by atoms with van der Waals surface area (Å²) < 4.78 is 4.67. The maximum absolute atomic E-state index is 11.0. The molecule has 0 aliphatic carbocycles. The second-order valence-corrected chi connectivity index (χ2v) is 2.28. The minimum absolute atomic E-state index is 0.122. The molecule has 1 aromatic heterocycles. The third kappa shape index (κ3) is 1.55. The van der Waals surface area contributed by atoms with Gasteiger partial charge in [-0.1, -0.05) is 0 Å². The number of aromatic nitrogens is 2. The number of hydrogen-bond acceptors (Lipinski definition) is 4. The van der Waals surface area contributed by atoms with Crippen LogP contribution in [0.25, 0.3) is 0 Å². The van der Waals surface area contributed by atoms with Gasteiger partial charge in [-0.2, -0.15) is 0 Å². The number of ether oxygens (including phenoxy) is 1. The highest BCUT2D eigenvalue weighted by Crippen LogP contribution is 2.02. The van der Waals surface area contributed by atoms with E-state index < -0.39 is 5.97 Å². The molecule has 12 heavy (non-hydrogen) atoms. The van der Waals surface area contributed by atoms with Gasteiger partial charge in [0.25, 0.3) is 0 Å². The fourth-order valence-electron chi connectivity index (χ4n) is 0.770. The summed E-state index contributed by atoms with van der Waals surface area (Å²) >= 11 is 0. The van der Waals surface area contributed by atoms with Crippen molar-refractivity contribution in [1.82, 2.24) is 9.94 Å². The highest BCUT2D eigenvalue weighted by Gasteiger charge is 2.11. The van der Waals surface area contributed by atoms with E-state index >= 15 is 0 Å². The number of carbonyl (C=O) groups excluding carboxylic acids is 1. The lowest BCUT2D eigenvalue weighted by Crippen LogP contribution is -2.06. The van der Waals surface area contributed by atoms with Gasteiger partial charge in [0, 0.05) is 0 Å². The van der Waals surface area contributed by atoms with Crippen LogP contribution in [0.15, 0.2) is 6.07 Å². The second kappa shape index (κ2) is 3.25. The quantitative estimate of drug-likeness (QED) is 0.521. The molecule has 1 aromatic rings. The second-order valence-electron chi connectivity index (χ2n) is 2.28. The molecule has 0 bridgehead atoms. The van der Waals surface area contributed by atoms with Crippen molar-refractivity contribution in [2.75, 3.05) is 6.61 Å². The molecule has 0 saturated carbocycles. The summed E-state index contributed by atoms with van der Waals surface area (Å²) in [4.78, 5) is 11.6. The van der Waals surface area contributed by atoms with Crippen LogP contribution in [0.2, 0.25) is 0 Å². The Bertz CT molecular complexity index is 273. The number of esters is 1. The van der Waals surface area contributed by atoms with Crippen LogP contribution >= 0.6 is 0 Å². The zero-order valence-corrected chi connectivity index (χ0v) is 6.94. The first-order valence-corrected chi connectivity index (χ1v) is 3.58. The van der Waals surface area contributed by atoms with E-state index in [4.69, 9.17) is 5.21 Å². The maximum Gasteiger partial charge on any atom is 0.358 e. The molecule has 0 spiro atoms. The van der Waals surface area contributed by atoms with Gasteiger partial charge >= 0.3 is 5.97 Å². The molecule has 0 saturated heterocycles. The lowest BCUT2D eigenvalue weighted by molar-refractivity contribution is 0.0509. The van der Waals surface area contributed by atoms with Crippen molar-refractivity contribution in [1.29, 1.82) is 0 Å². The fourth-order valence-corrected chi connectivity index (χ4v) is 0.770. The first-order chi connectivity index (χ1) is 5.65. The fraction of sp³-hybridized carbons (Fsp3) is 0.429. The molecular weight excluding hydrogens is 160 g/mol. The lowest BCUT2D eigenvalue weighted by Gasteiger charge is -1.95. The van der Waals surface area contributed by atoms with Crippen molar-refractivity contribution in [3.8, 4) is 0 Å². The highest BCUT2D eigenvalue weighted by molar-refractivity contribution is 5.87. The minimum Gasteiger partial charge on any atom is -0.461 e. The standard InChI is InChI=1S/C7H10N2O3/c1-3-12-7(10)6-4-5(2)9(11)8-6/h4,11H,3H2,1-2H3. The zero-order chi connectivity index (χ0) is 9.14. The van der Waals surface area contributed by atoms with Crippen LogP contribution in [0.4, 0.5) is 0 Å². The molecule has 0 fully saturated rings. The van der Waals surface area contributed by atoms with Crippen LogP contribution in [0.1, 0.15) is 23.1 Å². The molecule has 5 nitrogen and oxygen atoms in total. The summed E-state index contributed by atoms with van der Waals surface area (Å²) in [7, 11) is 0. The third-order valence-electron chi connectivity index (χ3n) is 1.35. The molecule has 0 aliphatic heterocycles. The number of nitrogens with zero attached hydrogens (tertiary/aromatic N) is 2. The Morgan fingerprint density at radius 2 is 2.50 bits per heavy atom. The molecular formula is C7H10N2O3. The summed E-state index contributed by atoms with van der Waals surface area (Å²) in [6.07, 6.45) is 0. The van der Waals surface area contributed by atoms with Crippen LogP contribution in [0.3, 0.4) is 0 Å². The van der Waals surface area contributed by atoms with E-state index in [-0.39, 0.29) is 5.69 Å². The molecule has 66 valence electrons. The summed E-state index contributed by atoms with van der Waals surface area (Å²) in [6, 6.07) is 1.46. The molecule has 0 amide bonds. The van der Waals surface area contributed by atoms with Crippen molar-refractivity contribution < 1.29 is 14.7 Å². The van der Waals surface area contributed by atoms with Gasteiger partial charge in [0.05, 0.1) is 12.3 Å². The molecule has 1 heterocycles. The summed E-state index contributed by atoms with van der Waals surface area (Å²) in [6.45, 7) is 3.65. The van der Waals surface area contributed by atoms with Gasteiger partial charge < -0.3 is 9.94 Å². The molecule has 0 atom stereocenters. The molecule has 1 rings (SSSR count). The van der Waals surface area contributed by atoms with E-state index in [1.807, 2.05) is 0 Å². The third-order valence-corrected chi connectivity index (χ3v) is 1.35. The monoisotopic (exact) mass is 170 g/mol. The Hall–Kier alpha value is -1.52. The molecule has 5 heteroatoms. The molecule has 0 aromatic carbocycles. The number of aryl methyl sites for hydroxylation is 1. The Labute approximate surface area is 69.5 Å². The summed E-state index contributed by atoms with van der Waals surface area (Å²) in [5.74, 6) is -0.520. The molecule has 0 radical (unpaired) electrons. The largest absolute Gasteiger partial charge is 0.461 e. The van der Waals surface area contributed by atoms with Crippen molar-refractivity contribution in [2.24, 2.45) is 0 Å². The Balaban J connectivity index is 2.82. The van der Waals surface area contributed by atoms with Crippen LogP contribution < -0.4 is 0 Å². The van der Waals surface area contributed by atoms with Crippen LogP contribution in [-0.2, 0) is 4.74 Å². The smallest absolute Gasteiger partial charge is 0.358 e. The van der Waals surface area contributed by atoms with E-state index in [0.29, 0.717) is 17.1 Å². The molecule has 0 unspecified atom stereocenters. The maximum atomic E-state index is 11.0. The van der Waals surface area contributed by atoms with Gasteiger partial charge in [-0.25, -0.2) is 4.79 Å². The topological polar surface area (TPSA) is 64.3 Å². The van der Waals surface area contributed by atoms with Gasteiger partial charge in [-0.15, -0.1) is 9.94 Å². The van der Waals surface area contributed by atoms with Gasteiger partial charge in [0.1, 0.15) is 0 Å². The summed E-state index contributed by atoms with van der Waals surface area (Å²) in [5, 5.41) is 12.5. The normalized spacial score (nSPS) is 9.83. The van der Waals surface area contributed by atoms with E-state index in [1.165, 1.54) is 6.07 Å². The number of rotatable bonds is 2. The lowest BCUT2D eigenvalue weighted by atomic mass is 10.4. The molecule has 0 aliphatic rings. The summed E-state index contributed by atoms with van der Waals surface area (Å²) in [5.41, 5.74) is 0.620. The zero-order valence-electron chi connectivity index (χ0n) is 6.94. The predicted molar refractivity (Wildman–Crippen MR) is 40.1 cm³/mol. The first-order valence-electron chi connectivity index (χ1n) is 3.58. The van der Waals surface area contributed by atoms with Crippen molar-refractivity contribution in [3.05, 3.63) is 17.5 Å². The van der Waals surface area contributed by atoms with Gasteiger partial charge in [-0.05, 0) is 19.9 Å². The van der Waals surface area contributed by atoms with E-state index in [9.17, 15) is 4.79 Å². The van der Waals surface area contributed by atoms with Crippen molar-refractivity contribution >= 4 is 5.97 Å². The predicted octanol–water partition coefficient (Wildman–Crippen LogP) is 0.606. The van der Waals surface area contributed by atoms with E-state index in [2.05, 4.69) is 9.84 Å². The van der Waals surface area contributed by atoms with Crippen molar-refractivity contribution in [3.63, 3.8) is 0 Å². The van der Waals surface area contributed by atoms with E-state index in [1.54, 1.807) is 13.8 Å². The van der Waals surface area contributed by atoms with Crippen LogP contribution in [0, 0.1) is 6.92 Å². The van der Waals surface area contributed by atoms with Gasteiger partial charge in [-0.3, -0.25) is 0 Å². The van der Waals surface area contributed by atoms with Crippen LogP contribution in [0.5, 0.6) is 0 Å². The first kappa shape index (κ1) is 8.58. The Morgan fingerprint density at radius 3 is 2.92 bits per heavy atom. The SMILES string of the molecule is CCOC(=O)c1cc(C)n(O)n1. The average molecular weight is 170 g/mol. The molecule has 1 N–H and O–H groups in total. The Kier molecular flexibility index (Phi) is 2.32. The Morgan fingerprint density at radius 1 is 1.83 bits per heavy atom. The van der Waals surface area contributed by atoms with Gasteiger partial charge in [0.15, 0.2) is 5.69 Å². The number of carbonyl (C=O) groups is 1. The highest BCUT2D eigenvalue weighted by atomic mass is 16.5. The van der Waals surface area contributed by atoms with Gasteiger partial charge in [0.2, 0.25) is 0 Å². The number of hydrogen-bond donors (Lipinski definition) is 1. The van der Waals surface area contributed by atoms with Crippen LogP contribution in [-0.4, -0.2) is 27.7 Å². The van der Waals surface area contributed by atoms with Crippen molar-refractivity contribution in [2.45, 2.75) is 13.8 Å². The average Bonchev–Trinajstić information content (AvgIpc) is 2.33. The minimum atomic E-state index is -0.520. The van der Waals surface area contributed by atoms with E-state index in [0.717, 1.165) is 0 Å².